The summed E-state index contributed by atoms with van der Waals surface area (Å²) in [5.74, 6) is 0. The second-order valence-electron chi connectivity index (χ2n) is 4.90. The van der Waals surface area contributed by atoms with Crippen molar-refractivity contribution < 1.29 is 14.6 Å². The maximum Gasteiger partial charge on any atom is 0.410 e. The number of ether oxygens (including phenoxy) is 1. The van der Waals surface area contributed by atoms with Crippen molar-refractivity contribution in [1.82, 2.24) is 4.90 Å². The largest absolute Gasteiger partial charge is 0.445 e. The van der Waals surface area contributed by atoms with E-state index in [4.69, 9.17) is 9.84 Å². The Balaban J connectivity index is 1.87. The van der Waals surface area contributed by atoms with E-state index in [0.29, 0.717) is 13.0 Å². The summed E-state index contributed by atoms with van der Waals surface area (Å²) in [6, 6.07) is 9.80. The van der Waals surface area contributed by atoms with E-state index in [1.54, 1.807) is 4.90 Å². The molecule has 4 heteroatoms. The predicted octanol–water partition coefficient (Wildman–Crippen LogP) is 2.56. The molecule has 0 aromatic heterocycles. The second-order valence-corrected chi connectivity index (χ2v) is 4.90. The number of aliphatic hydroxyl groups excluding tert-OH is 1. The number of amides is 1. The Hall–Kier alpha value is -1.55. The van der Waals surface area contributed by atoms with Gasteiger partial charge in [0.2, 0.25) is 0 Å². The number of hydrogen-bond donors (Lipinski definition) is 1. The van der Waals surface area contributed by atoms with E-state index in [2.05, 4.69) is 0 Å². The molecule has 1 aromatic rings. The maximum absolute atomic E-state index is 12.1. The number of likely N-dealkylation sites (tertiary alicyclic amines) is 1. The summed E-state index contributed by atoms with van der Waals surface area (Å²) in [6.45, 7) is 1.16. The molecule has 0 bridgehead atoms. The quantitative estimate of drug-likeness (QED) is 0.908. The average molecular weight is 263 g/mol. The van der Waals surface area contributed by atoms with Gasteiger partial charge < -0.3 is 14.7 Å². The zero-order valence-corrected chi connectivity index (χ0v) is 11.1. The summed E-state index contributed by atoms with van der Waals surface area (Å²) < 4.78 is 5.35. The van der Waals surface area contributed by atoms with Crippen LogP contribution in [0, 0.1) is 0 Å². The highest BCUT2D eigenvalue weighted by atomic mass is 16.6. The van der Waals surface area contributed by atoms with E-state index < -0.39 is 0 Å². The summed E-state index contributed by atoms with van der Waals surface area (Å²) >= 11 is 0. The molecule has 0 unspecified atom stereocenters. The molecule has 2 rings (SSSR count). The van der Waals surface area contributed by atoms with Crippen molar-refractivity contribution in [2.45, 2.75) is 38.3 Å². The van der Waals surface area contributed by atoms with Crippen molar-refractivity contribution in [2.24, 2.45) is 0 Å². The first-order chi connectivity index (χ1) is 9.31. The number of carbonyl (C=O) groups excluding carboxylic acids is 1. The molecular weight excluding hydrogens is 242 g/mol. The van der Waals surface area contributed by atoms with Crippen LogP contribution in [0.1, 0.15) is 31.2 Å². The van der Waals surface area contributed by atoms with E-state index in [9.17, 15) is 4.79 Å². The third-order valence-electron chi connectivity index (χ3n) is 3.53. The Morgan fingerprint density at radius 1 is 1.32 bits per heavy atom. The van der Waals surface area contributed by atoms with Gasteiger partial charge in [0.05, 0.1) is 0 Å². The first-order valence-corrected chi connectivity index (χ1v) is 6.89. The number of benzene rings is 1. The lowest BCUT2D eigenvalue weighted by molar-refractivity contribution is 0.0612. The topological polar surface area (TPSA) is 49.8 Å². The Labute approximate surface area is 114 Å². The molecule has 0 aliphatic carbocycles. The lowest BCUT2D eigenvalue weighted by Crippen LogP contribution is -2.44. The van der Waals surface area contributed by atoms with Crippen LogP contribution in [-0.4, -0.2) is 35.3 Å². The number of nitrogens with zero attached hydrogens (tertiary/aromatic N) is 1. The van der Waals surface area contributed by atoms with Crippen LogP contribution in [0.5, 0.6) is 0 Å². The Bertz CT molecular complexity index is 392. The molecule has 0 radical (unpaired) electrons. The molecule has 4 nitrogen and oxygen atoms in total. The second kappa shape index (κ2) is 7.14. The maximum atomic E-state index is 12.1. The summed E-state index contributed by atoms with van der Waals surface area (Å²) in [4.78, 5) is 13.8. The average Bonchev–Trinajstić information content (AvgIpc) is 2.47. The highest BCUT2D eigenvalue weighted by molar-refractivity contribution is 5.68. The van der Waals surface area contributed by atoms with Gasteiger partial charge in [0.25, 0.3) is 0 Å². The Morgan fingerprint density at radius 3 is 2.84 bits per heavy atom. The third-order valence-corrected chi connectivity index (χ3v) is 3.53. The van der Waals surface area contributed by atoms with Gasteiger partial charge in [-0.2, -0.15) is 0 Å². The fourth-order valence-electron chi connectivity index (χ4n) is 2.49. The fraction of sp³-hybridized carbons (Fsp3) is 0.533. The normalized spacial score (nSPS) is 19.2. The highest BCUT2D eigenvalue weighted by Crippen LogP contribution is 2.20. The van der Waals surface area contributed by atoms with Crippen LogP contribution in [-0.2, 0) is 11.3 Å². The van der Waals surface area contributed by atoms with Crippen LogP contribution in [0.3, 0.4) is 0 Å². The Morgan fingerprint density at radius 2 is 2.11 bits per heavy atom. The standard InChI is InChI=1S/C15H21NO3/c17-11-9-14-8-4-5-10-16(14)15(18)19-12-13-6-2-1-3-7-13/h1-3,6-7,14,17H,4-5,8-12H2/t14-/m1/s1. The molecule has 1 saturated heterocycles. The Kier molecular flexibility index (Phi) is 5.21. The number of hydrogen-bond acceptors (Lipinski definition) is 3. The van der Waals surface area contributed by atoms with Crippen LogP contribution < -0.4 is 0 Å². The van der Waals surface area contributed by atoms with Gasteiger partial charge in [0, 0.05) is 19.2 Å². The molecule has 1 fully saturated rings. The zero-order valence-electron chi connectivity index (χ0n) is 11.1. The smallest absolute Gasteiger partial charge is 0.410 e. The van der Waals surface area contributed by atoms with Gasteiger partial charge in [0.1, 0.15) is 6.61 Å². The van der Waals surface area contributed by atoms with Gasteiger partial charge in [-0.15, -0.1) is 0 Å². The summed E-state index contributed by atoms with van der Waals surface area (Å²) in [7, 11) is 0. The monoisotopic (exact) mass is 263 g/mol. The molecule has 1 aliphatic heterocycles. The van der Waals surface area contributed by atoms with Crippen LogP contribution in [0.25, 0.3) is 0 Å². The molecule has 1 heterocycles. The minimum Gasteiger partial charge on any atom is -0.445 e. The van der Waals surface area contributed by atoms with Gasteiger partial charge in [-0.1, -0.05) is 30.3 Å². The first kappa shape index (κ1) is 13.9. The first-order valence-electron chi connectivity index (χ1n) is 6.89. The van der Waals surface area contributed by atoms with Gasteiger partial charge >= 0.3 is 6.09 Å². The molecule has 1 amide bonds. The third kappa shape index (κ3) is 3.96. The van der Waals surface area contributed by atoms with Gasteiger partial charge in [-0.05, 0) is 31.2 Å². The van der Waals surface area contributed by atoms with Crippen LogP contribution in [0.2, 0.25) is 0 Å². The van der Waals surface area contributed by atoms with Gasteiger partial charge in [-0.3, -0.25) is 0 Å². The molecule has 1 atom stereocenters. The van der Waals surface area contributed by atoms with E-state index in [-0.39, 0.29) is 18.7 Å². The number of aliphatic hydroxyl groups is 1. The van der Waals surface area contributed by atoms with E-state index >= 15 is 0 Å². The minimum absolute atomic E-state index is 0.118. The number of piperidine rings is 1. The van der Waals surface area contributed by atoms with Crippen molar-refractivity contribution in [3.05, 3.63) is 35.9 Å². The molecule has 1 aromatic carbocycles. The van der Waals surface area contributed by atoms with E-state index in [1.807, 2.05) is 30.3 Å². The predicted molar refractivity (Wildman–Crippen MR) is 72.7 cm³/mol. The van der Waals surface area contributed by atoms with Crippen molar-refractivity contribution >= 4 is 6.09 Å². The summed E-state index contributed by atoms with van der Waals surface area (Å²) in [5.41, 5.74) is 0.992. The van der Waals surface area contributed by atoms with Gasteiger partial charge in [0.15, 0.2) is 0 Å². The zero-order chi connectivity index (χ0) is 13.5. The molecular formula is C15H21NO3. The minimum atomic E-state index is -0.262. The van der Waals surface area contributed by atoms with Crippen LogP contribution in [0.15, 0.2) is 30.3 Å². The van der Waals surface area contributed by atoms with Crippen molar-refractivity contribution in [3.8, 4) is 0 Å². The van der Waals surface area contributed by atoms with Crippen LogP contribution >= 0.6 is 0 Å². The van der Waals surface area contributed by atoms with Gasteiger partial charge in [-0.25, -0.2) is 4.79 Å². The molecule has 104 valence electrons. The van der Waals surface area contributed by atoms with Crippen molar-refractivity contribution in [2.75, 3.05) is 13.2 Å². The molecule has 1 aliphatic rings. The highest BCUT2D eigenvalue weighted by Gasteiger charge is 2.27. The van der Waals surface area contributed by atoms with Crippen molar-refractivity contribution in [3.63, 3.8) is 0 Å². The molecule has 1 N–H and O–H groups in total. The van der Waals surface area contributed by atoms with Crippen LogP contribution in [0.4, 0.5) is 4.79 Å². The van der Waals surface area contributed by atoms with E-state index in [1.165, 1.54) is 0 Å². The molecule has 0 spiro atoms. The lowest BCUT2D eigenvalue weighted by Gasteiger charge is -2.34. The SMILES string of the molecule is O=C(OCc1ccccc1)N1CCCC[C@@H]1CCO. The lowest BCUT2D eigenvalue weighted by atomic mass is 10.0. The molecule has 0 saturated carbocycles. The summed E-state index contributed by atoms with van der Waals surface area (Å²) in [6.07, 6.45) is 3.47. The van der Waals surface area contributed by atoms with E-state index in [0.717, 1.165) is 31.4 Å². The molecule has 19 heavy (non-hydrogen) atoms. The van der Waals surface area contributed by atoms with Crippen molar-refractivity contribution in [1.29, 1.82) is 0 Å². The number of rotatable bonds is 4. The summed E-state index contributed by atoms with van der Waals surface area (Å²) in [5, 5.41) is 9.05. The number of carbonyl (C=O) groups is 1. The fourth-order valence-corrected chi connectivity index (χ4v) is 2.49.